The van der Waals surface area contributed by atoms with Gasteiger partial charge in [-0.2, -0.15) is 4.98 Å². The summed E-state index contributed by atoms with van der Waals surface area (Å²) in [6.07, 6.45) is 0. The molecule has 0 amide bonds. The second-order valence-corrected chi connectivity index (χ2v) is 6.42. The molecule has 0 bridgehead atoms. The fourth-order valence-electron chi connectivity index (χ4n) is 1.18. The van der Waals surface area contributed by atoms with E-state index in [1.54, 1.807) is 24.3 Å². The first kappa shape index (κ1) is 12.3. The van der Waals surface area contributed by atoms with Crippen LogP contribution in [-0.4, -0.2) is 18.6 Å². The quantitative estimate of drug-likeness (QED) is 0.813. The van der Waals surface area contributed by atoms with Crippen molar-refractivity contribution in [3.05, 3.63) is 35.2 Å². The van der Waals surface area contributed by atoms with Crippen LogP contribution in [0.4, 0.5) is 0 Å². The number of hydrogen-bond acceptors (Lipinski definition) is 5. The lowest BCUT2D eigenvalue weighted by Gasteiger charge is -1.93. The first-order chi connectivity index (χ1) is 7.94. The van der Waals surface area contributed by atoms with E-state index in [0.717, 1.165) is 0 Å². The van der Waals surface area contributed by atoms with Crippen LogP contribution in [0.5, 0.6) is 0 Å². The second kappa shape index (κ2) is 4.64. The third-order valence-electron chi connectivity index (χ3n) is 1.87. The predicted octanol–water partition coefficient (Wildman–Crippen LogP) is 2.46. The van der Waals surface area contributed by atoms with Gasteiger partial charge in [-0.05, 0) is 24.3 Å². The van der Waals surface area contributed by atoms with Crippen LogP contribution >= 0.6 is 22.3 Å². The van der Waals surface area contributed by atoms with Gasteiger partial charge in [0.15, 0.2) is 0 Å². The molecule has 0 atom stereocenters. The van der Waals surface area contributed by atoms with Gasteiger partial charge in [0.1, 0.15) is 5.75 Å². The molecule has 0 aliphatic heterocycles. The van der Waals surface area contributed by atoms with Gasteiger partial charge in [0.2, 0.25) is 20.8 Å². The molecule has 17 heavy (non-hydrogen) atoms. The molecular weight excluding hydrogens is 287 g/mol. The standard InChI is InChI=1S/C9H6Cl2N2O3S/c10-7-3-1-6(2-4-7)9-12-8(16-13-9)5-17(11,14)15/h1-4H,5H2. The molecule has 8 heteroatoms. The molecule has 1 heterocycles. The van der Waals surface area contributed by atoms with E-state index in [4.69, 9.17) is 26.8 Å². The summed E-state index contributed by atoms with van der Waals surface area (Å²) >= 11 is 5.73. The summed E-state index contributed by atoms with van der Waals surface area (Å²) in [7, 11) is 1.37. The molecule has 0 radical (unpaired) electrons. The summed E-state index contributed by atoms with van der Waals surface area (Å²) in [5, 5.41) is 4.23. The Kier molecular flexibility index (Phi) is 3.37. The fourth-order valence-corrected chi connectivity index (χ4v) is 2.00. The van der Waals surface area contributed by atoms with Crippen LogP contribution in [0.2, 0.25) is 5.02 Å². The van der Waals surface area contributed by atoms with Crippen LogP contribution < -0.4 is 0 Å². The molecule has 2 rings (SSSR count). The van der Waals surface area contributed by atoms with Crippen LogP contribution in [0.15, 0.2) is 28.8 Å². The van der Waals surface area contributed by atoms with Gasteiger partial charge in [0.05, 0.1) is 0 Å². The van der Waals surface area contributed by atoms with Crippen molar-refractivity contribution in [1.82, 2.24) is 10.1 Å². The molecule has 2 aromatic rings. The van der Waals surface area contributed by atoms with Crippen LogP contribution in [0, 0.1) is 0 Å². The highest BCUT2D eigenvalue weighted by molar-refractivity contribution is 8.13. The van der Waals surface area contributed by atoms with Crippen molar-refractivity contribution < 1.29 is 12.9 Å². The summed E-state index contributed by atoms with van der Waals surface area (Å²) < 4.78 is 26.4. The molecular formula is C9H6Cl2N2O3S. The van der Waals surface area contributed by atoms with Crippen molar-refractivity contribution in [2.24, 2.45) is 0 Å². The average Bonchev–Trinajstić information content (AvgIpc) is 2.64. The second-order valence-electron chi connectivity index (χ2n) is 3.20. The van der Waals surface area contributed by atoms with Gasteiger partial charge in [-0.3, -0.25) is 0 Å². The Balaban J connectivity index is 2.27. The minimum Gasteiger partial charge on any atom is -0.338 e. The van der Waals surface area contributed by atoms with E-state index in [1.165, 1.54) is 0 Å². The van der Waals surface area contributed by atoms with E-state index in [-0.39, 0.29) is 11.7 Å². The van der Waals surface area contributed by atoms with E-state index < -0.39 is 14.8 Å². The Hall–Kier alpha value is -1.11. The zero-order valence-electron chi connectivity index (χ0n) is 8.30. The van der Waals surface area contributed by atoms with Crippen molar-refractivity contribution in [2.45, 2.75) is 5.75 Å². The molecule has 5 nitrogen and oxygen atoms in total. The Bertz CT molecular complexity index is 622. The molecule has 0 saturated heterocycles. The lowest BCUT2D eigenvalue weighted by molar-refractivity contribution is 0.390. The summed E-state index contributed by atoms with van der Waals surface area (Å²) in [6, 6.07) is 6.74. The highest BCUT2D eigenvalue weighted by atomic mass is 35.7. The van der Waals surface area contributed by atoms with Crippen molar-refractivity contribution in [3.8, 4) is 11.4 Å². The molecule has 1 aromatic heterocycles. The third-order valence-corrected chi connectivity index (χ3v) is 3.04. The Morgan fingerprint density at radius 2 is 1.88 bits per heavy atom. The average molecular weight is 293 g/mol. The Morgan fingerprint density at radius 3 is 2.47 bits per heavy atom. The lowest BCUT2D eigenvalue weighted by atomic mass is 10.2. The summed E-state index contributed by atoms with van der Waals surface area (Å²) in [5.74, 6) is -0.253. The largest absolute Gasteiger partial charge is 0.338 e. The van der Waals surface area contributed by atoms with E-state index in [0.29, 0.717) is 10.6 Å². The SMILES string of the molecule is O=S(=O)(Cl)Cc1nc(-c2ccc(Cl)cc2)no1. The van der Waals surface area contributed by atoms with Crippen molar-refractivity contribution >= 4 is 31.3 Å². The van der Waals surface area contributed by atoms with Crippen molar-refractivity contribution in [3.63, 3.8) is 0 Å². The number of benzene rings is 1. The molecule has 0 N–H and O–H groups in total. The maximum absolute atomic E-state index is 10.8. The first-order valence-electron chi connectivity index (χ1n) is 4.45. The van der Waals surface area contributed by atoms with E-state index >= 15 is 0 Å². The normalized spacial score (nSPS) is 11.6. The fraction of sp³-hybridized carbons (Fsp3) is 0.111. The zero-order valence-corrected chi connectivity index (χ0v) is 10.6. The maximum atomic E-state index is 10.8. The molecule has 0 aliphatic rings. The van der Waals surface area contributed by atoms with Gasteiger partial charge in [-0.1, -0.05) is 16.8 Å². The number of nitrogens with zero attached hydrogens (tertiary/aromatic N) is 2. The third kappa shape index (κ3) is 3.42. The van der Waals surface area contributed by atoms with Gasteiger partial charge in [-0.25, -0.2) is 8.42 Å². The number of hydrogen-bond donors (Lipinski definition) is 0. The van der Waals surface area contributed by atoms with E-state index in [2.05, 4.69) is 10.1 Å². The number of aromatic nitrogens is 2. The highest BCUT2D eigenvalue weighted by Crippen LogP contribution is 2.19. The van der Waals surface area contributed by atoms with E-state index in [1.807, 2.05) is 0 Å². The minimum atomic E-state index is -3.70. The minimum absolute atomic E-state index is 0.0510. The molecule has 0 aliphatic carbocycles. The van der Waals surface area contributed by atoms with Gasteiger partial charge in [0, 0.05) is 21.3 Å². The number of halogens is 2. The van der Waals surface area contributed by atoms with Crippen molar-refractivity contribution in [1.29, 1.82) is 0 Å². The maximum Gasteiger partial charge on any atom is 0.243 e. The van der Waals surface area contributed by atoms with Crippen LogP contribution in [-0.2, 0) is 14.8 Å². The molecule has 90 valence electrons. The van der Waals surface area contributed by atoms with Crippen molar-refractivity contribution in [2.75, 3.05) is 0 Å². The lowest BCUT2D eigenvalue weighted by Crippen LogP contribution is -1.94. The summed E-state index contributed by atoms with van der Waals surface area (Å²) in [6.45, 7) is 0. The Morgan fingerprint density at radius 1 is 1.24 bits per heavy atom. The van der Waals surface area contributed by atoms with Crippen LogP contribution in [0.1, 0.15) is 5.89 Å². The monoisotopic (exact) mass is 292 g/mol. The first-order valence-corrected chi connectivity index (χ1v) is 7.30. The highest BCUT2D eigenvalue weighted by Gasteiger charge is 2.15. The smallest absolute Gasteiger partial charge is 0.243 e. The summed E-state index contributed by atoms with van der Waals surface area (Å²) in [5.41, 5.74) is 0.677. The van der Waals surface area contributed by atoms with Gasteiger partial charge in [0.25, 0.3) is 0 Å². The molecule has 0 unspecified atom stereocenters. The number of rotatable bonds is 3. The summed E-state index contributed by atoms with van der Waals surface area (Å²) in [4.78, 5) is 3.91. The Labute approximate surface area is 107 Å². The molecule has 0 saturated carbocycles. The van der Waals surface area contributed by atoms with Gasteiger partial charge < -0.3 is 4.52 Å². The van der Waals surface area contributed by atoms with Gasteiger partial charge in [-0.15, -0.1) is 0 Å². The molecule has 1 aromatic carbocycles. The van der Waals surface area contributed by atoms with Crippen LogP contribution in [0.25, 0.3) is 11.4 Å². The topological polar surface area (TPSA) is 73.1 Å². The van der Waals surface area contributed by atoms with E-state index in [9.17, 15) is 8.42 Å². The zero-order chi connectivity index (χ0) is 12.5. The molecule has 0 fully saturated rings. The van der Waals surface area contributed by atoms with Crippen LogP contribution in [0.3, 0.4) is 0 Å². The molecule has 0 spiro atoms. The predicted molar refractivity (Wildman–Crippen MR) is 63.2 cm³/mol. The van der Waals surface area contributed by atoms with Gasteiger partial charge >= 0.3 is 0 Å².